The first-order valence-electron chi connectivity index (χ1n) is 5.70. The van der Waals surface area contributed by atoms with Gasteiger partial charge in [0.15, 0.2) is 0 Å². The van der Waals surface area contributed by atoms with Gasteiger partial charge in [0.05, 0.1) is 5.03 Å². The molecule has 2 aromatic rings. The molecule has 0 fully saturated rings. The molecule has 0 saturated heterocycles. The lowest BCUT2D eigenvalue weighted by Crippen LogP contribution is -2.32. The maximum atomic E-state index is 11.7. The van der Waals surface area contributed by atoms with Crippen molar-refractivity contribution < 1.29 is 0 Å². The van der Waals surface area contributed by atoms with Crippen LogP contribution in [0.25, 0.3) is 0 Å². The van der Waals surface area contributed by atoms with Crippen LogP contribution in [0.1, 0.15) is 12.5 Å². The van der Waals surface area contributed by atoms with Gasteiger partial charge in [0, 0.05) is 17.0 Å². The minimum atomic E-state index is -0.355. The van der Waals surface area contributed by atoms with Crippen LogP contribution >= 0.6 is 11.8 Å². The van der Waals surface area contributed by atoms with E-state index in [0.29, 0.717) is 17.1 Å². The van der Waals surface area contributed by atoms with Gasteiger partial charge in [-0.3, -0.25) is 14.3 Å². The second-order valence-electron chi connectivity index (χ2n) is 3.85. The number of rotatable bonds is 3. The highest BCUT2D eigenvalue weighted by Crippen LogP contribution is 2.27. The fourth-order valence-corrected chi connectivity index (χ4v) is 2.75. The van der Waals surface area contributed by atoms with Gasteiger partial charge in [-0.05, 0) is 26.0 Å². The van der Waals surface area contributed by atoms with Crippen LogP contribution in [0, 0.1) is 6.92 Å². The molecule has 0 bridgehead atoms. The summed E-state index contributed by atoms with van der Waals surface area (Å²) in [7, 11) is 0. The monoisotopic (exact) mass is 262 g/mol. The van der Waals surface area contributed by atoms with Gasteiger partial charge in [-0.25, -0.2) is 4.79 Å². The van der Waals surface area contributed by atoms with Gasteiger partial charge in [0.2, 0.25) is 0 Å². The van der Waals surface area contributed by atoms with Crippen molar-refractivity contribution in [2.45, 2.75) is 30.3 Å². The molecule has 1 aromatic heterocycles. The molecule has 5 heteroatoms. The summed E-state index contributed by atoms with van der Waals surface area (Å²) in [5.41, 5.74) is -0.0973. The van der Waals surface area contributed by atoms with Gasteiger partial charge in [-0.2, -0.15) is 0 Å². The molecule has 1 aromatic carbocycles. The predicted octanol–water partition coefficient (Wildman–Crippen LogP) is 2.02. The van der Waals surface area contributed by atoms with E-state index in [4.69, 9.17) is 0 Å². The summed E-state index contributed by atoms with van der Waals surface area (Å²) < 4.78 is 1.58. The van der Waals surface area contributed by atoms with E-state index < -0.39 is 0 Å². The Morgan fingerprint density at radius 2 is 1.89 bits per heavy atom. The van der Waals surface area contributed by atoms with Crippen molar-refractivity contribution >= 4 is 11.8 Å². The number of hydrogen-bond donors (Lipinski definition) is 1. The average Bonchev–Trinajstić information content (AvgIpc) is 2.37. The Morgan fingerprint density at radius 3 is 2.50 bits per heavy atom. The molecule has 94 valence electrons. The third-order valence-corrected chi connectivity index (χ3v) is 3.87. The van der Waals surface area contributed by atoms with Gasteiger partial charge >= 0.3 is 5.69 Å². The maximum absolute atomic E-state index is 11.7. The number of H-pyrrole nitrogens is 1. The van der Waals surface area contributed by atoms with Crippen LogP contribution in [0.3, 0.4) is 0 Å². The van der Waals surface area contributed by atoms with Crippen LogP contribution in [-0.4, -0.2) is 9.55 Å². The van der Waals surface area contributed by atoms with Gasteiger partial charge in [0.25, 0.3) is 5.56 Å². The second kappa shape index (κ2) is 5.27. The molecule has 18 heavy (non-hydrogen) atoms. The van der Waals surface area contributed by atoms with E-state index in [1.807, 2.05) is 37.3 Å². The van der Waals surface area contributed by atoms with E-state index in [-0.39, 0.29) is 11.2 Å². The topological polar surface area (TPSA) is 54.9 Å². The van der Waals surface area contributed by atoms with Gasteiger partial charge in [-0.15, -0.1) is 0 Å². The zero-order valence-corrected chi connectivity index (χ0v) is 11.1. The highest BCUT2D eigenvalue weighted by molar-refractivity contribution is 7.99. The van der Waals surface area contributed by atoms with Crippen LogP contribution in [0.4, 0.5) is 0 Å². The summed E-state index contributed by atoms with van der Waals surface area (Å²) in [4.78, 5) is 26.7. The summed E-state index contributed by atoms with van der Waals surface area (Å²) in [5, 5.41) is 0.706. The van der Waals surface area contributed by atoms with Crippen molar-refractivity contribution in [3.63, 3.8) is 0 Å². The van der Waals surface area contributed by atoms with Crippen molar-refractivity contribution in [3.8, 4) is 0 Å². The smallest absolute Gasteiger partial charge is 0.288 e. The number of nitrogens with one attached hydrogen (secondary N) is 1. The Kier molecular flexibility index (Phi) is 3.72. The maximum Gasteiger partial charge on any atom is 0.329 e. The zero-order chi connectivity index (χ0) is 13.1. The highest BCUT2D eigenvalue weighted by atomic mass is 32.2. The molecule has 0 aliphatic carbocycles. The Morgan fingerprint density at radius 1 is 1.22 bits per heavy atom. The largest absolute Gasteiger partial charge is 0.329 e. The number of aromatic nitrogens is 2. The first kappa shape index (κ1) is 12.7. The van der Waals surface area contributed by atoms with Crippen molar-refractivity contribution in [1.82, 2.24) is 9.55 Å². The molecule has 0 unspecified atom stereocenters. The Labute approximate surface area is 109 Å². The molecule has 0 radical (unpaired) electrons. The third kappa shape index (κ3) is 2.41. The summed E-state index contributed by atoms with van der Waals surface area (Å²) in [5.74, 6) is 0. The van der Waals surface area contributed by atoms with E-state index in [2.05, 4.69) is 4.98 Å². The molecular weight excluding hydrogens is 248 g/mol. The number of benzene rings is 1. The number of aromatic amines is 1. The fourth-order valence-electron chi connectivity index (χ4n) is 1.67. The minimum Gasteiger partial charge on any atom is -0.288 e. The van der Waals surface area contributed by atoms with Crippen LogP contribution in [-0.2, 0) is 6.54 Å². The van der Waals surface area contributed by atoms with Crippen molar-refractivity contribution in [3.05, 3.63) is 56.7 Å². The van der Waals surface area contributed by atoms with E-state index in [9.17, 15) is 9.59 Å². The SMILES string of the molecule is CCn1c(Sc2ccccc2)c(C)c(=O)[nH]c1=O. The third-order valence-electron chi connectivity index (χ3n) is 2.65. The molecule has 4 nitrogen and oxygen atoms in total. The molecule has 0 aliphatic heterocycles. The van der Waals surface area contributed by atoms with Gasteiger partial charge in [-0.1, -0.05) is 30.0 Å². The summed E-state index contributed by atoms with van der Waals surface area (Å²) >= 11 is 1.44. The minimum absolute atomic E-state index is 0.317. The van der Waals surface area contributed by atoms with E-state index >= 15 is 0 Å². The molecule has 0 amide bonds. The number of nitrogens with zero attached hydrogens (tertiary/aromatic N) is 1. The van der Waals surface area contributed by atoms with Gasteiger partial charge < -0.3 is 0 Å². The molecular formula is C13H14N2O2S. The van der Waals surface area contributed by atoms with Gasteiger partial charge in [0.1, 0.15) is 0 Å². The van der Waals surface area contributed by atoms with Crippen molar-refractivity contribution in [2.24, 2.45) is 0 Å². The Hall–Kier alpha value is -1.75. The lowest BCUT2D eigenvalue weighted by Gasteiger charge is -2.11. The first-order valence-corrected chi connectivity index (χ1v) is 6.51. The standard InChI is InChI=1S/C13H14N2O2S/c1-3-15-12(9(2)11(16)14-13(15)17)18-10-7-5-4-6-8-10/h4-8H,3H2,1-2H3,(H,14,16,17). The molecule has 0 atom stereocenters. The molecule has 2 rings (SSSR count). The van der Waals surface area contributed by atoms with Crippen LogP contribution in [0.15, 0.2) is 49.8 Å². The van der Waals surface area contributed by atoms with Crippen LogP contribution in [0.2, 0.25) is 0 Å². The lowest BCUT2D eigenvalue weighted by atomic mass is 10.4. The summed E-state index contributed by atoms with van der Waals surface area (Å²) in [6, 6.07) is 9.70. The van der Waals surface area contributed by atoms with Crippen molar-refractivity contribution in [1.29, 1.82) is 0 Å². The average molecular weight is 262 g/mol. The Bertz CT molecular complexity index is 659. The van der Waals surface area contributed by atoms with Crippen LogP contribution < -0.4 is 11.2 Å². The lowest BCUT2D eigenvalue weighted by molar-refractivity contribution is 0.620. The fraction of sp³-hybridized carbons (Fsp3) is 0.231. The molecule has 1 heterocycles. The molecule has 0 spiro atoms. The van der Waals surface area contributed by atoms with E-state index in [0.717, 1.165) is 4.90 Å². The summed E-state index contributed by atoms with van der Waals surface area (Å²) in [6.45, 7) is 4.15. The van der Waals surface area contributed by atoms with E-state index in [1.54, 1.807) is 11.5 Å². The molecule has 0 aliphatic rings. The van der Waals surface area contributed by atoms with E-state index in [1.165, 1.54) is 11.8 Å². The quantitative estimate of drug-likeness (QED) is 0.861. The first-order chi connectivity index (χ1) is 8.63. The number of hydrogen-bond acceptors (Lipinski definition) is 3. The normalized spacial score (nSPS) is 10.6. The molecule has 1 N–H and O–H groups in total. The Balaban J connectivity index is 2.56. The van der Waals surface area contributed by atoms with Crippen LogP contribution in [0.5, 0.6) is 0 Å². The summed E-state index contributed by atoms with van der Waals surface area (Å²) in [6.07, 6.45) is 0. The zero-order valence-electron chi connectivity index (χ0n) is 10.3. The molecule has 0 saturated carbocycles. The second-order valence-corrected chi connectivity index (χ2v) is 4.91. The highest BCUT2D eigenvalue weighted by Gasteiger charge is 2.11. The van der Waals surface area contributed by atoms with Crippen molar-refractivity contribution in [2.75, 3.05) is 0 Å². The predicted molar refractivity (Wildman–Crippen MR) is 72.3 cm³/mol.